The van der Waals surface area contributed by atoms with Crippen molar-refractivity contribution in [2.24, 2.45) is 5.92 Å². The van der Waals surface area contributed by atoms with Gasteiger partial charge in [-0.1, -0.05) is 47.5 Å². The van der Waals surface area contributed by atoms with Crippen molar-refractivity contribution in [3.05, 3.63) is 115 Å². The molecule has 0 spiro atoms. The van der Waals surface area contributed by atoms with Crippen LogP contribution in [0.5, 0.6) is 11.5 Å². The monoisotopic (exact) mass is 757 g/mol. The third kappa shape index (κ3) is 8.93. The number of hydrogen-bond donors (Lipinski definition) is 1. The summed E-state index contributed by atoms with van der Waals surface area (Å²) in [7, 11) is 3.02. The van der Waals surface area contributed by atoms with Gasteiger partial charge in [-0.25, -0.2) is 9.18 Å². The first kappa shape index (κ1) is 36.8. The number of carbonyl (C=O) groups excluding carboxylic acids is 2. The van der Waals surface area contributed by atoms with Crippen LogP contribution in [0.4, 0.5) is 4.39 Å². The van der Waals surface area contributed by atoms with E-state index in [0.717, 1.165) is 37.4 Å². The van der Waals surface area contributed by atoms with E-state index in [9.17, 15) is 19.2 Å². The van der Waals surface area contributed by atoms with E-state index in [2.05, 4.69) is 10.2 Å². The van der Waals surface area contributed by atoms with Gasteiger partial charge in [0.2, 0.25) is 0 Å². The Labute approximate surface area is 309 Å². The summed E-state index contributed by atoms with van der Waals surface area (Å²) in [4.78, 5) is 30.2. The summed E-state index contributed by atoms with van der Waals surface area (Å²) in [6.45, 7) is 3.06. The van der Waals surface area contributed by atoms with Gasteiger partial charge in [0.15, 0.2) is 23.9 Å². The van der Waals surface area contributed by atoms with Gasteiger partial charge in [-0.2, -0.15) is 4.73 Å². The quantitative estimate of drug-likeness (QED) is 0.0839. The molecular formula is C37H38Cl2FN3O7S. The fourth-order valence-corrected chi connectivity index (χ4v) is 8.10. The molecule has 0 radical (unpaired) electrons. The van der Waals surface area contributed by atoms with E-state index in [1.165, 1.54) is 44.0 Å². The van der Waals surface area contributed by atoms with Gasteiger partial charge in [0.05, 0.1) is 20.6 Å². The second-order valence-electron chi connectivity index (χ2n) is 12.6. The third-order valence-electron chi connectivity index (χ3n) is 9.39. The Kier molecular flexibility index (Phi) is 12.0. The summed E-state index contributed by atoms with van der Waals surface area (Å²) in [6, 6.07) is 14.3. The van der Waals surface area contributed by atoms with Gasteiger partial charge < -0.3 is 29.5 Å². The molecule has 0 amide bonds. The lowest BCUT2D eigenvalue weighted by molar-refractivity contribution is -0.605. The van der Waals surface area contributed by atoms with E-state index in [1.54, 1.807) is 48.5 Å². The molecule has 2 bridgehead atoms. The maximum absolute atomic E-state index is 15.0. The predicted octanol–water partition coefficient (Wildman–Crippen LogP) is 6.84. The van der Waals surface area contributed by atoms with Gasteiger partial charge in [-0.05, 0) is 67.7 Å². The molecule has 7 rings (SSSR count). The molecule has 270 valence electrons. The van der Waals surface area contributed by atoms with Gasteiger partial charge in [0.25, 0.3) is 0 Å². The van der Waals surface area contributed by atoms with E-state index in [-0.39, 0.29) is 41.5 Å². The highest BCUT2D eigenvalue weighted by atomic mass is 35.5. The molecule has 2 aromatic heterocycles. The molecule has 3 aliphatic rings. The summed E-state index contributed by atoms with van der Waals surface area (Å²) in [5.41, 5.74) is 1.38. The third-order valence-corrected chi connectivity index (χ3v) is 11.1. The molecule has 3 saturated heterocycles. The van der Waals surface area contributed by atoms with Crippen LogP contribution in [0, 0.1) is 16.9 Å². The number of methoxy groups -OCH3 is 2. The number of nitrogens with zero attached hydrogens (tertiary/aromatic N) is 2. The van der Waals surface area contributed by atoms with Crippen molar-refractivity contribution < 1.29 is 37.7 Å². The zero-order chi connectivity index (χ0) is 36.1. The van der Waals surface area contributed by atoms with Crippen molar-refractivity contribution >= 4 is 46.5 Å². The van der Waals surface area contributed by atoms with Gasteiger partial charge in [-0.15, -0.1) is 11.3 Å². The van der Waals surface area contributed by atoms with E-state index in [0.29, 0.717) is 43.7 Å². The Morgan fingerprint density at radius 3 is 2.43 bits per heavy atom. The molecule has 51 heavy (non-hydrogen) atoms. The molecule has 1 N–H and O–H groups in total. The molecule has 5 heterocycles. The highest BCUT2D eigenvalue weighted by Gasteiger charge is 2.37. The molecule has 10 nitrogen and oxygen atoms in total. The number of aromatic nitrogens is 1. The number of fused-ring (bicyclic) bond motifs is 3. The standard InChI is InChI=1S/C37H38Cl2FN3O7S/c1-47-31-9-7-23(15-33(31)48-2)32(16-26-27(38)19-43(46)20-28(26)39)50-37(45)35-10-8-24(51-35)18-41-30(25-5-3-4-6-29(25)40)17-36(44)49-34-21-42-13-11-22(34)12-14-42/h3-10,15,19-20,22,30,32,34,41H,11-14,16-18,21H2,1-2H3/t30?,32-,34-/m0/s1. The van der Waals surface area contributed by atoms with Crippen LogP contribution in [0.2, 0.25) is 10.0 Å². The summed E-state index contributed by atoms with van der Waals surface area (Å²) < 4.78 is 38.3. The Bertz CT molecular complexity index is 1850. The van der Waals surface area contributed by atoms with Gasteiger partial charge >= 0.3 is 11.9 Å². The number of pyridine rings is 1. The normalized spacial score (nSPS) is 19.3. The number of piperidine rings is 3. The highest BCUT2D eigenvalue weighted by molar-refractivity contribution is 7.13. The zero-order valence-corrected chi connectivity index (χ0v) is 30.4. The number of thiophene rings is 1. The van der Waals surface area contributed by atoms with Crippen molar-refractivity contribution in [1.82, 2.24) is 10.2 Å². The fourth-order valence-electron chi connectivity index (χ4n) is 6.66. The van der Waals surface area contributed by atoms with Crippen LogP contribution in [-0.2, 0) is 27.2 Å². The number of carbonyl (C=O) groups is 2. The fraction of sp³-hybridized carbons (Fsp3) is 0.378. The molecule has 0 aliphatic carbocycles. The Morgan fingerprint density at radius 1 is 1.04 bits per heavy atom. The topological polar surface area (TPSA) is 113 Å². The van der Waals surface area contributed by atoms with Gasteiger partial charge in [0, 0.05) is 41.6 Å². The van der Waals surface area contributed by atoms with Crippen LogP contribution in [0.25, 0.3) is 0 Å². The number of hydrogen-bond acceptors (Lipinski definition) is 10. The number of benzene rings is 2. The van der Waals surface area contributed by atoms with Crippen LogP contribution < -0.4 is 19.5 Å². The molecule has 2 aromatic carbocycles. The maximum Gasteiger partial charge on any atom is 0.348 e. The average Bonchev–Trinajstić information content (AvgIpc) is 3.61. The van der Waals surface area contributed by atoms with Crippen molar-refractivity contribution in [2.45, 2.75) is 50.5 Å². The largest absolute Gasteiger partial charge is 0.619 e. The summed E-state index contributed by atoms with van der Waals surface area (Å²) in [5, 5.41) is 15.4. The smallest absolute Gasteiger partial charge is 0.348 e. The van der Waals surface area contributed by atoms with Crippen LogP contribution in [0.3, 0.4) is 0 Å². The lowest BCUT2D eigenvalue weighted by Gasteiger charge is -2.44. The van der Waals surface area contributed by atoms with Gasteiger partial charge in [0.1, 0.15) is 32.9 Å². The first-order valence-electron chi connectivity index (χ1n) is 16.6. The first-order valence-corrected chi connectivity index (χ1v) is 18.2. The molecule has 14 heteroatoms. The Hall–Kier alpha value is -3.94. The van der Waals surface area contributed by atoms with Crippen LogP contribution in [-0.4, -0.2) is 56.8 Å². The highest BCUT2D eigenvalue weighted by Crippen LogP contribution is 2.36. The predicted molar refractivity (Wildman–Crippen MR) is 191 cm³/mol. The minimum absolute atomic E-state index is 0.0472. The van der Waals surface area contributed by atoms with Crippen molar-refractivity contribution in [3.63, 3.8) is 0 Å². The molecule has 3 aliphatic heterocycles. The number of halogens is 3. The first-order chi connectivity index (χ1) is 24.6. The minimum Gasteiger partial charge on any atom is -0.619 e. The number of ether oxygens (including phenoxy) is 4. The Balaban J connectivity index is 1.16. The lowest BCUT2D eigenvalue weighted by atomic mass is 9.86. The van der Waals surface area contributed by atoms with E-state index < -0.39 is 23.9 Å². The SMILES string of the molecule is COc1ccc([C@H](Cc2c(Cl)c[n+]([O-])cc2Cl)OC(=O)c2ccc(CNC(CC(=O)O[C@H]3CN4CCC3CC4)c3ccccc3F)s2)cc1OC. The van der Waals surface area contributed by atoms with Crippen LogP contribution in [0.15, 0.2) is 67.0 Å². The molecule has 3 atom stereocenters. The van der Waals surface area contributed by atoms with E-state index in [1.807, 2.05) is 0 Å². The second-order valence-corrected chi connectivity index (χ2v) is 14.6. The van der Waals surface area contributed by atoms with Crippen LogP contribution >= 0.6 is 34.5 Å². The molecule has 3 fully saturated rings. The van der Waals surface area contributed by atoms with Crippen molar-refractivity contribution in [2.75, 3.05) is 33.9 Å². The minimum atomic E-state index is -0.869. The summed E-state index contributed by atoms with van der Waals surface area (Å²) in [5.74, 6) is -0.118. The lowest BCUT2D eigenvalue weighted by Crippen LogP contribution is -2.52. The second kappa shape index (κ2) is 16.6. The summed E-state index contributed by atoms with van der Waals surface area (Å²) in [6.07, 6.45) is 3.40. The molecule has 1 unspecified atom stereocenters. The number of esters is 2. The van der Waals surface area contributed by atoms with Crippen LogP contribution in [0.1, 0.15) is 62.6 Å². The van der Waals surface area contributed by atoms with Crippen molar-refractivity contribution in [1.29, 1.82) is 0 Å². The number of rotatable bonds is 14. The summed E-state index contributed by atoms with van der Waals surface area (Å²) >= 11 is 14.0. The zero-order valence-electron chi connectivity index (χ0n) is 28.1. The Morgan fingerprint density at radius 2 is 1.76 bits per heavy atom. The van der Waals surface area contributed by atoms with Crippen molar-refractivity contribution in [3.8, 4) is 11.5 Å². The van der Waals surface area contributed by atoms with E-state index in [4.69, 9.17) is 42.1 Å². The number of nitrogens with one attached hydrogen (secondary N) is 1. The molecular weight excluding hydrogens is 720 g/mol. The average molecular weight is 759 g/mol. The molecule has 4 aromatic rings. The molecule has 0 saturated carbocycles. The maximum atomic E-state index is 15.0. The van der Waals surface area contributed by atoms with E-state index >= 15 is 0 Å². The van der Waals surface area contributed by atoms with Gasteiger partial charge in [-0.3, -0.25) is 9.69 Å².